The first-order valence-electron chi connectivity index (χ1n) is 10.8. The molecule has 1 N–H and O–H groups in total. The molecule has 34 heavy (non-hydrogen) atoms. The zero-order valence-corrected chi connectivity index (χ0v) is 17.9. The van der Waals surface area contributed by atoms with Gasteiger partial charge in [-0.2, -0.15) is 13.2 Å². The monoisotopic (exact) mass is 468 g/mol. The van der Waals surface area contributed by atoms with Gasteiger partial charge < -0.3 is 14.2 Å². The van der Waals surface area contributed by atoms with E-state index in [1.807, 2.05) is 18.2 Å². The van der Waals surface area contributed by atoms with Crippen molar-refractivity contribution in [2.45, 2.75) is 38.3 Å². The third-order valence-corrected chi connectivity index (χ3v) is 5.94. The van der Waals surface area contributed by atoms with E-state index in [4.69, 9.17) is 14.2 Å². The van der Waals surface area contributed by atoms with Crippen LogP contribution in [0.2, 0.25) is 0 Å². The summed E-state index contributed by atoms with van der Waals surface area (Å²) in [6.45, 7) is 0. The molecular weight excluding hydrogens is 449 g/mol. The average Bonchev–Trinajstić information content (AvgIpc) is 3.43. The van der Waals surface area contributed by atoms with E-state index >= 15 is 0 Å². The Morgan fingerprint density at radius 1 is 0.971 bits per heavy atom. The van der Waals surface area contributed by atoms with Crippen LogP contribution in [0.3, 0.4) is 0 Å². The lowest BCUT2D eigenvalue weighted by atomic mass is 9.86. The van der Waals surface area contributed by atoms with Gasteiger partial charge in [0.2, 0.25) is 0 Å². The topological polar surface area (TPSA) is 89.4 Å². The number of hydrogen-bond acceptors (Lipinski definition) is 5. The Morgan fingerprint density at radius 2 is 1.71 bits per heavy atom. The second-order valence-electron chi connectivity index (χ2n) is 8.18. The van der Waals surface area contributed by atoms with Crippen molar-refractivity contribution in [2.75, 3.05) is 0 Å². The van der Waals surface area contributed by atoms with Crippen LogP contribution < -0.4 is 0 Å². The highest BCUT2D eigenvalue weighted by atomic mass is 19.4. The maximum Gasteiger partial charge on any atom is 0.422 e. The number of nitrogens with zero attached hydrogens (tertiary/aromatic N) is 2. The molecule has 0 spiro atoms. The molecule has 174 valence electrons. The van der Waals surface area contributed by atoms with Crippen molar-refractivity contribution in [3.63, 3.8) is 0 Å². The normalized spacial score (nSPS) is 12.9. The predicted octanol–water partition coefficient (Wildman–Crippen LogP) is 6.19. The van der Waals surface area contributed by atoms with Gasteiger partial charge in [-0.1, -0.05) is 58.8 Å². The number of hydrogen-bond donors (Lipinski definition) is 1. The van der Waals surface area contributed by atoms with E-state index in [1.165, 1.54) is 12.1 Å². The zero-order chi connectivity index (χ0) is 23.9. The van der Waals surface area contributed by atoms with Crippen molar-refractivity contribution in [3.05, 3.63) is 70.8 Å². The highest BCUT2D eigenvalue weighted by Crippen LogP contribution is 2.46. The van der Waals surface area contributed by atoms with E-state index in [0.717, 1.165) is 16.7 Å². The van der Waals surface area contributed by atoms with Crippen LogP contribution in [0, 0.1) is 0 Å². The Morgan fingerprint density at radius 3 is 2.44 bits per heavy atom. The minimum atomic E-state index is -4.71. The first-order chi connectivity index (χ1) is 16.3. The third-order valence-electron chi connectivity index (χ3n) is 5.94. The molecule has 0 saturated heterocycles. The molecule has 5 rings (SSSR count). The van der Waals surface area contributed by atoms with Gasteiger partial charge in [0, 0.05) is 23.1 Å². The molecule has 0 radical (unpaired) electrons. The summed E-state index contributed by atoms with van der Waals surface area (Å²) in [5, 5.41) is 16.7. The Hall–Kier alpha value is -3.88. The van der Waals surface area contributed by atoms with Crippen molar-refractivity contribution in [1.29, 1.82) is 0 Å². The van der Waals surface area contributed by atoms with Gasteiger partial charge in [0.05, 0.1) is 0 Å². The van der Waals surface area contributed by atoms with Crippen LogP contribution in [0.5, 0.6) is 0 Å². The molecule has 2 aromatic heterocycles. The summed E-state index contributed by atoms with van der Waals surface area (Å²) in [7, 11) is 0. The third kappa shape index (κ3) is 3.98. The van der Waals surface area contributed by atoms with Gasteiger partial charge in [-0.15, -0.1) is 0 Å². The molecule has 0 amide bonds. The first kappa shape index (κ1) is 21.9. The number of carbonyl (C=O) groups is 1. The van der Waals surface area contributed by atoms with Gasteiger partial charge in [0.1, 0.15) is 11.3 Å². The van der Waals surface area contributed by atoms with Crippen LogP contribution >= 0.6 is 0 Å². The molecule has 1 aliphatic carbocycles. The average molecular weight is 468 g/mol. The second kappa shape index (κ2) is 8.48. The van der Waals surface area contributed by atoms with Gasteiger partial charge in [-0.05, 0) is 36.8 Å². The van der Waals surface area contributed by atoms with Gasteiger partial charge in [0.15, 0.2) is 17.2 Å². The van der Waals surface area contributed by atoms with E-state index in [1.54, 1.807) is 18.2 Å². The first-order valence-corrected chi connectivity index (χ1v) is 10.8. The Labute approximate surface area is 192 Å². The Kier molecular flexibility index (Phi) is 5.47. The standard InChI is InChI=1S/C25H19F3N2O4/c26-25(27,28)20-22(30-33-23(20)15-6-2-1-3-7-15)24-18-12-10-16-13-14(5-4-8-19(31)32)9-11-17(16)21(18)29-34-24/h1-3,6-7,9,11,13H,4-5,8,10,12H2,(H,31,32). The maximum absolute atomic E-state index is 14.1. The summed E-state index contributed by atoms with van der Waals surface area (Å²) in [6, 6.07) is 13.8. The van der Waals surface area contributed by atoms with Crippen molar-refractivity contribution < 1.29 is 32.1 Å². The molecule has 6 nitrogen and oxygen atoms in total. The Bertz CT molecular complexity index is 1360. The summed E-state index contributed by atoms with van der Waals surface area (Å²) in [6.07, 6.45) is -2.43. The number of rotatable bonds is 6. The van der Waals surface area contributed by atoms with Crippen molar-refractivity contribution in [3.8, 4) is 34.0 Å². The molecular formula is C25H19F3N2O4. The van der Waals surface area contributed by atoms with Crippen molar-refractivity contribution >= 4 is 5.97 Å². The predicted molar refractivity (Wildman–Crippen MR) is 116 cm³/mol. The highest BCUT2D eigenvalue weighted by molar-refractivity contribution is 5.79. The molecule has 0 unspecified atom stereocenters. The SMILES string of the molecule is O=C(O)CCCc1ccc2c(c1)CCc1c-2noc1-c1noc(-c2ccccc2)c1C(F)(F)F. The molecule has 1 aliphatic rings. The fourth-order valence-electron chi connectivity index (χ4n) is 4.38. The van der Waals surface area contributed by atoms with E-state index < -0.39 is 23.4 Å². The number of carboxylic acids is 1. The van der Waals surface area contributed by atoms with Crippen LogP contribution in [0.25, 0.3) is 34.0 Å². The number of carboxylic acid groups (broad SMARTS) is 1. The lowest BCUT2D eigenvalue weighted by molar-refractivity contribution is -0.137. The lowest BCUT2D eigenvalue weighted by Crippen LogP contribution is -2.09. The lowest BCUT2D eigenvalue weighted by Gasteiger charge is -2.16. The molecule has 2 aromatic carbocycles. The molecule has 4 aromatic rings. The number of alkyl halides is 3. The number of aryl methyl sites for hydroxylation is 2. The van der Waals surface area contributed by atoms with E-state index in [9.17, 15) is 18.0 Å². The van der Waals surface area contributed by atoms with Gasteiger partial charge in [0.25, 0.3) is 0 Å². The van der Waals surface area contributed by atoms with Crippen molar-refractivity contribution in [1.82, 2.24) is 10.3 Å². The summed E-state index contributed by atoms with van der Waals surface area (Å²) >= 11 is 0. The van der Waals surface area contributed by atoms with Crippen LogP contribution in [0.4, 0.5) is 13.2 Å². The van der Waals surface area contributed by atoms with Crippen LogP contribution in [-0.4, -0.2) is 21.4 Å². The van der Waals surface area contributed by atoms with Crippen LogP contribution in [0.15, 0.2) is 57.6 Å². The minimum absolute atomic E-state index is 0.0376. The summed E-state index contributed by atoms with van der Waals surface area (Å²) < 4.78 is 52.9. The fourth-order valence-corrected chi connectivity index (χ4v) is 4.38. The molecule has 0 fully saturated rings. The van der Waals surface area contributed by atoms with Gasteiger partial charge >= 0.3 is 12.1 Å². The molecule has 0 atom stereocenters. The molecule has 0 saturated carbocycles. The largest absolute Gasteiger partial charge is 0.481 e. The highest BCUT2D eigenvalue weighted by Gasteiger charge is 2.43. The van der Waals surface area contributed by atoms with Crippen LogP contribution in [-0.2, 0) is 30.2 Å². The number of fused-ring (bicyclic) bond motifs is 3. The molecule has 0 aliphatic heterocycles. The van der Waals surface area contributed by atoms with Crippen LogP contribution in [0.1, 0.15) is 35.1 Å². The Balaban J connectivity index is 1.53. The zero-order valence-electron chi connectivity index (χ0n) is 17.9. The minimum Gasteiger partial charge on any atom is -0.481 e. The smallest absolute Gasteiger partial charge is 0.422 e. The quantitative estimate of drug-likeness (QED) is 0.363. The summed E-state index contributed by atoms with van der Waals surface area (Å²) in [4.78, 5) is 10.7. The second-order valence-corrected chi connectivity index (χ2v) is 8.18. The van der Waals surface area contributed by atoms with E-state index in [-0.39, 0.29) is 23.5 Å². The number of aliphatic carboxylic acids is 1. The molecule has 2 heterocycles. The fraction of sp³-hybridized carbons (Fsp3) is 0.240. The number of aromatic nitrogens is 2. The maximum atomic E-state index is 14.1. The summed E-state index contributed by atoms with van der Waals surface area (Å²) in [5.74, 6) is -1.24. The molecule has 0 bridgehead atoms. The van der Waals surface area contributed by atoms with E-state index in [0.29, 0.717) is 36.9 Å². The van der Waals surface area contributed by atoms with Gasteiger partial charge in [-0.3, -0.25) is 4.79 Å². The van der Waals surface area contributed by atoms with E-state index in [2.05, 4.69) is 10.3 Å². The number of benzene rings is 2. The summed E-state index contributed by atoms with van der Waals surface area (Å²) in [5.41, 5.74) is 2.72. The van der Waals surface area contributed by atoms with Crippen molar-refractivity contribution in [2.24, 2.45) is 0 Å². The van der Waals surface area contributed by atoms with Gasteiger partial charge in [-0.25, -0.2) is 0 Å². The number of halogens is 3. The molecule has 9 heteroatoms.